The molecule has 0 bridgehead atoms. The van der Waals surface area contributed by atoms with Gasteiger partial charge in [-0.2, -0.15) is 4.31 Å². The van der Waals surface area contributed by atoms with Gasteiger partial charge in [0.15, 0.2) is 0 Å². The number of aryl methyl sites for hydroxylation is 1. The van der Waals surface area contributed by atoms with Crippen LogP contribution in [0.1, 0.15) is 41.6 Å². The van der Waals surface area contributed by atoms with Crippen molar-refractivity contribution in [2.24, 2.45) is 0 Å². The Labute approximate surface area is 159 Å². The van der Waals surface area contributed by atoms with Gasteiger partial charge in [-0.05, 0) is 49.6 Å². The summed E-state index contributed by atoms with van der Waals surface area (Å²) in [6, 6.07) is 10.9. The van der Waals surface area contributed by atoms with Crippen LogP contribution >= 0.6 is 0 Å². The Bertz CT molecular complexity index is 933. The van der Waals surface area contributed by atoms with E-state index in [1.807, 2.05) is 0 Å². The van der Waals surface area contributed by atoms with Crippen LogP contribution < -0.4 is 5.32 Å². The van der Waals surface area contributed by atoms with Crippen molar-refractivity contribution >= 4 is 21.6 Å². The minimum atomic E-state index is -3.62. The lowest BCUT2D eigenvalue weighted by Gasteiger charge is -2.20. The first-order valence-corrected chi connectivity index (χ1v) is 10.5. The SMILES string of the molecule is Cc1ccc(S(=O)(=O)N2CCCCCC2)cc1C(=O)Nc1cccc(O)c1. The maximum Gasteiger partial charge on any atom is 0.255 e. The van der Waals surface area contributed by atoms with E-state index in [0.717, 1.165) is 25.7 Å². The summed E-state index contributed by atoms with van der Waals surface area (Å²) in [5.41, 5.74) is 1.43. The third-order valence-electron chi connectivity index (χ3n) is 4.76. The number of benzene rings is 2. The zero-order valence-electron chi connectivity index (χ0n) is 15.3. The molecule has 0 radical (unpaired) electrons. The number of hydrogen-bond donors (Lipinski definition) is 2. The van der Waals surface area contributed by atoms with Crippen LogP contribution in [0.2, 0.25) is 0 Å². The summed E-state index contributed by atoms with van der Waals surface area (Å²) in [5, 5.41) is 12.2. The molecule has 2 aromatic rings. The first-order valence-electron chi connectivity index (χ1n) is 9.09. The van der Waals surface area contributed by atoms with Crippen LogP contribution in [0.15, 0.2) is 47.4 Å². The maximum absolute atomic E-state index is 13.0. The predicted molar refractivity (Wildman–Crippen MR) is 104 cm³/mol. The van der Waals surface area contributed by atoms with Crippen LogP contribution in [-0.2, 0) is 10.0 Å². The zero-order valence-corrected chi connectivity index (χ0v) is 16.1. The molecule has 1 aliphatic heterocycles. The molecule has 0 atom stereocenters. The Morgan fingerprint density at radius 2 is 1.74 bits per heavy atom. The van der Waals surface area contributed by atoms with Crippen molar-refractivity contribution in [3.63, 3.8) is 0 Å². The van der Waals surface area contributed by atoms with Gasteiger partial charge in [0.1, 0.15) is 5.75 Å². The lowest BCUT2D eigenvalue weighted by atomic mass is 10.1. The lowest BCUT2D eigenvalue weighted by Crippen LogP contribution is -2.32. The summed E-state index contributed by atoms with van der Waals surface area (Å²) >= 11 is 0. The summed E-state index contributed by atoms with van der Waals surface area (Å²) in [6.07, 6.45) is 3.79. The second kappa shape index (κ2) is 8.10. The Morgan fingerprint density at radius 3 is 2.41 bits per heavy atom. The van der Waals surface area contributed by atoms with Gasteiger partial charge >= 0.3 is 0 Å². The van der Waals surface area contributed by atoms with Crippen LogP contribution in [0.25, 0.3) is 0 Å². The third kappa shape index (κ3) is 4.48. The number of hydrogen-bond acceptors (Lipinski definition) is 4. The molecule has 2 N–H and O–H groups in total. The first kappa shape index (κ1) is 19.4. The van der Waals surface area contributed by atoms with E-state index in [1.165, 1.54) is 22.5 Å². The summed E-state index contributed by atoms with van der Waals surface area (Å²) in [6.45, 7) is 2.79. The molecular formula is C20H24N2O4S. The summed E-state index contributed by atoms with van der Waals surface area (Å²) in [7, 11) is -3.62. The molecule has 27 heavy (non-hydrogen) atoms. The summed E-state index contributed by atoms with van der Waals surface area (Å²) in [4.78, 5) is 12.8. The molecule has 0 saturated carbocycles. The molecule has 0 aromatic heterocycles. The Kier molecular flexibility index (Phi) is 5.82. The normalized spacial score (nSPS) is 15.9. The highest BCUT2D eigenvalue weighted by atomic mass is 32.2. The summed E-state index contributed by atoms with van der Waals surface area (Å²) < 4.78 is 27.5. The molecule has 1 heterocycles. The van der Waals surface area contributed by atoms with Gasteiger partial charge < -0.3 is 10.4 Å². The summed E-state index contributed by atoms with van der Waals surface area (Å²) in [5.74, 6) is -0.368. The maximum atomic E-state index is 13.0. The number of nitrogens with zero attached hydrogens (tertiary/aromatic N) is 1. The van der Waals surface area contributed by atoms with E-state index >= 15 is 0 Å². The quantitative estimate of drug-likeness (QED) is 0.839. The first-order chi connectivity index (χ1) is 12.9. The van der Waals surface area contributed by atoms with Crippen molar-refractivity contribution in [1.82, 2.24) is 4.31 Å². The van der Waals surface area contributed by atoms with E-state index in [-0.39, 0.29) is 10.6 Å². The van der Waals surface area contributed by atoms with Gasteiger partial charge in [-0.15, -0.1) is 0 Å². The van der Waals surface area contributed by atoms with Crippen LogP contribution in [-0.4, -0.2) is 36.8 Å². The molecule has 1 amide bonds. The molecule has 6 nitrogen and oxygen atoms in total. The number of nitrogens with one attached hydrogen (secondary N) is 1. The van der Waals surface area contributed by atoms with Crippen molar-refractivity contribution in [3.05, 3.63) is 53.6 Å². The highest BCUT2D eigenvalue weighted by Crippen LogP contribution is 2.24. The van der Waals surface area contributed by atoms with Gasteiger partial charge in [-0.25, -0.2) is 8.42 Å². The van der Waals surface area contributed by atoms with Crippen molar-refractivity contribution in [3.8, 4) is 5.75 Å². The molecule has 1 saturated heterocycles. The number of anilines is 1. The average molecular weight is 388 g/mol. The molecule has 1 fully saturated rings. The van der Waals surface area contributed by atoms with E-state index in [9.17, 15) is 18.3 Å². The Balaban J connectivity index is 1.88. The van der Waals surface area contributed by atoms with Crippen LogP contribution in [0.5, 0.6) is 5.75 Å². The number of phenolic OH excluding ortho intramolecular Hbond substituents is 1. The largest absolute Gasteiger partial charge is 0.508 e. The van der Waals surface area contributed by atoms with E-state index in [0.29, 0.717) is 29.9 Å². The van der Waals surface area contributed by atoms with Crippen LogP contribution in [0.3, 0.4) is 0 Å². The van der Waals surface area contributed by atoms with Gasteiger partial charge in [0, 0.05) is 30.4 Å². The zero-order chi connectivity index (χ0) is 19.4. The predicted octanol–water partition coefficient (Wildman–Crippen LogP) is 3.52. The molecule has 7 heteroatoms. The number of phenols is 1. The Morgan fingerprint density at radius 1 is 1.04 bits per heavy atom. The van der Waals surface area contributed by atoms with Gasteiger partial charge in [-0.1, -0.05) is 25.0 Å². The van der Waals surface area contributed by atoms with Crippen molar-refractivity contribution in [2.75, 3.05) is 18.4 Å². The van der Waals surface area contributed by atoms with E-state index in [2.05, 4.69) is 5.32 Å². The van der Waals surface area contributed by atoms with Crippen LogP contribution in [0.4, 0.5) is 5.69 Å². The van der Waals surface area contributed by atoms with Crippen molar-refractivity contribution in [2.45, 2.75) is 37.5 Å². The fourth-order valence-electron chi connectivity index (χ4n) is 3.22. The number of carbonyl (C=O) groups excluding carboxylic acids is 1. The number of carbonyl (C=O) groups is 1. The van der Waals surface area contributed by atoms with Gasteiger partial charge in [-0.3, -0.25) is 4.79 Å². The number of amides is 1. The second-order valence-corrected chi connectivity index (χ2v) is 8.74. The number of rotatable bonds is 4. The van der Waals surface area contributed by atoms with Crippen molar-refractivity contribution in [1.29, 1.82) is 0 Å². The van der Waals surface area contributed by atoms with Gasteiger partial charge in [0.25, 0.3) is 5.91 Å². The molecule has 3 rings (SSSR count). The Hall–Kier alpha value is -2.38. The molecule has 0 spiro atoms. The fraction of sp³-hybridized carbons (Fsp3) is 0.350. The lowest BCUT2D eigenvalue weighted by molar-refractivity contribution is 0.102. The molecule has 2 aromatic carbocycles. The average Bonchev–Trinajstić information content (AvgIpc) is 2.92. The molecule has 1 aliphatic rings. The van der Waals surface area contributed by atoms with E-state index < -0.39 is 15.9 Å². The third-order valence-corrected chi connectivity index (χ3v) is 6.66. The highest BCUT2D eigenvalue weighted by molar-refractivity contribution is 7.89. The molecule has 0 aliphatic carbocycles. The van der Waals surface area contributed by atoms with Gasteiger partial charge in [0.05, 0.1) is 4.90 Å². The monoisotopic (exact) mass is 388 g/mol. The minimum absolute atomic E-state index is 0.0435. The topological polar surface area (TPSA) is 86.7 Å². The number of aromatic hydroxyl groups is 1. The smallest absolute Gasteiger partial charge is 0.255 e. The minimum Gasteiger partial charge on any atom is -0.508 e. The standard InChI is InChI=1S/C20H24N2O4S/c1-15-9-10-18(27(25,26)22-11-4-2-3-5-12-22)14-19(15)20(24)21-16-7-6-8-17(23)13-16/h6-10,13-14,23H,2-5,11-12H2,1H3,(H,21,24). The fourth-order valence-corrected chi connectivity index (χ4v) is 4.76. The molecular weight excluding hydrogens is 364 g/mol. The van der Waals surface area contributed by atoms with Crippen molar-refractivity contribution < 1.29 is 18.3 Å². The second-order valence-electron chi connectivity index (χ2n) is 6.80. The van der Waals surface area contributed by atoms with Gasteiger partial charge in [0.2, 0.25) is 10.0 Å². The van der Waals surface area contributed by atoms with Crippen LogP contribution in [0, 0.1) is 6.92 Å². The van der Waals surface area contributed by atoms with E-state index in [1.54, 1.807) is 31.2 Å². The molecule has 0 unspecified atom stereocenters. The highest BCUT2D eigenvalue weighted by Gasteiger charge is 2.26. The number of sulfonamides is 1. The van der Waals surface area contributed by atoms with E-state index in [4.69, 9.17) is 0 Å². The molecule has 144 valence electrons.